The predicted octanol–water partition coefficient (Wildman–Crippen LogP) is 15.7. The van der Waals surface area contributed by atoms with Crippen LogP contribution in [0.25, 0.3) is 0 Å². The Balaban J connectivity index is 0.000000181. The zero-order valence-corrected chi connectivity index (χ0v) is 73.4. The summed E-state index contributed by atoms with van der Waals surface area (Å²) in [5, 5.41) is 82.0. The molecule has 0 saturated carbocycles. The molecule has 682 valence electrons. The summed E-state index contributed by atoms with van der Waals surface area (Å²) in [5.41, 5.74) is -9.75. The maximum Gasteiger partial charge on any atom is 0.417 e. The number of carbonyl (C=O) groups excluding carboxylic acids is 4. The molecule has 0 unspecified atom stereocenters. The fourth-order valence-corrected chi connectivity index (χ4v) is 16.1. The first kappa shape index (κ1) is 99.4. The standard InChI is InChI=1S/C25H24F3N3O4S.2C22H20F3N3O4S.C19H14F3N3O2S/c1-23(2)21(32)30(17-6-5-15(12-29)20(11-17)25(26,27)28)22(36)31(23)16-7-9-18(10-8-16)33-13-19-14-34-24(3,4)35-19;2*1-21(2)19(31)27(15-4-3-13(10-26)18(9-15)22(23,24)25)20(33)28(21)14-5-7-17(8-6-14)32-12-16(30)11-29;1-18(2)16(27)24(17(28)25(18)12-5-7-14(26)8-6-12)13-4-3-11(10-23)15(9-13)19(20,21)22/h5-11,19H,13-14H2,1-4H3;2*3-9,16,29-30H,11-12H2,1-2H3;3-9,26H,1-2H3/t19-;2*16-;/m100./s1. The van der Waals surface area contributed by atoms with E-state index in [1.165, 1.54) is 75.4 Å². The molecule has 5 saturated heterocycles. The lowest BCUT2D eigenvalue weighted by molar-refractivity contribution is -0.141. The highest BCUT2D eigenvalue weighted by Crippen LogP contribution is 2.47. The highest BCUT2D eigenvalue weighted by atomic mass is 32.1. The Hall–Kier alpha value is -12.7. The van der Waals surface area contributed by atoms with Crippen molar-refractivity contribution in [2.45, 2.75) is 140 Å². The number of aliphatic hydroxyl groups is 4. The Labute approximate surface area is 757 Å². The number of aromatic hydroxyl groups is 1. The molecule has 0 radical (unpaired) electrons. The third-order valence-corrected chi connectivity index (χ3v) is 22.1. The molecule has 26 nitrogen and oxygen atoms in total. The molecule has 0 bridgehead atoms. The minimum absolute atomic E-state index is 0.00137. The smallest absolute Gasteiger partial charge is 0.417 e. The zero-order chi connectivity index (χ0) is 96.4. The molecule has 3 atom stereocenters. The van der Waals surface area contributed by atoms with Gasteiger partial charge in [-0.15, -0.1) is 0 Å². The number of anilines is 8. The number of hydrogen-bond donors (Lipinski definition) is 5. The van der Waals surface area contributed by atoms with Crippen LogP contribution in [0, 0.1) is 45.3 Å². The number of alkyl halides is 12. The van der Waals surface area contributed by atoms with Crippen molar-refractivity contribution in [2.75, 3.05) is 78.8 Å². The molecule has 4 amide bonds. The van der Waals surface area contributed by atoms with Crippen molar-refractivity contribution in [1.29, 1.82) is 21.0 Å². The third-order valence-electron chi connectivity index (χ3n) is 20.6. The average Bonchev–Trinajstić information content (AvgIpc) is 1.59. The molecule has 8 aromatic carbocycles. The van der Waals surface area contributed by atoms with E-state index in [-0.39, 0.29) is 68.3 Å². The van der Waals surface area contributed by atoms with Gasteiger partial charge in [0.2, 0.25) is 0 Å². The highest BCUT2D eigenvalue weighted by Gasteiger charge is 2.56. The molecule has 5 aliphatic heterocycles. The normalized spacial score (nSPS) is 17.8. The number of benzene rings is 8. The van der Waals surface area contributed by atoms with Crippen LogP contribution in [0.3, 0.4) is 0 Å². The van der Waals surface area contributed by atoms with Gasteiger partial charge in [-0.25, -0.2) is 0 Å². The van der Waals surface area contributed by atoms with Crippen LogP contribution in [-0.2, 0) is 53.4 Å². The van der Waals surface area contributed by atoms with E-state index in [9.17, 15) is 87.2 Å². The average molecular weight is 1880 g/mol. The minimum Gasteiger partial charge on any atom is -0.508 e. The molecule has 130 heavy (non-hydrogen) atoms. The maximum atomic E-state index is 13.5. The van der Waals surface area contributed by atoms with Crippen LogP contribution in [-0.4, -0.2) is 156 Å². The number of nitrogens with zero attached hydrogens (tertiary/aromatic N) is 12. The van der Waals surface area contributed by atoms with E-state index in [0.29, 0.717) is 53.2 Å². The van der Waals surface area contributed by atoms with Crippen molar-refractivity contribution < 1.29 is 121 Å². The molecular weight excluding hydrogens is 1810 g/mol. The third kappa shape index (κ3) is 20.8. The highest BCUT2D eigenvalue weighted by molar-refractivity contribution is 7.81. The number of halogens is 12. The molecule has 13 rings (SSSR count). The number of rotatable bonds is 19. The van der Waals surface area contributed by atoms with Crippen LogP contribution in [0.15, 0.2) is 170 Å². The largest absolute Gasteiger partial charge is 0.508 e. The van der Waals surface area contributed by atoms with Crippen LogP contribution >= 0.6 is 48.9 Å². The summed E-state index contributed by atoms with van der Waals surface area (Å²) in [6, 6.07) is 43.8. The van der Waals surface area contributed by atoms with Gasteiger partial charge in [-0.05, 0) is 288 Å². The molecule has 0 aliphatic carbocycles. The lowest BCUT2D eigenvalue weighted by Gasteiger charge is -2.29. The quantitative estimate of drug-likeness (QED) is 0.0371. The summed E-state index contributed by atoms with van der Waals surface area (Å²) in [6.07, 6.45) is -21.3. The van der Waals surface area contributed by atoms with E-state index < -0.39 is 146 Å². The molecule has 5 heterocycles. The van der Waals surface area contributed by atoms with Gasteiger partial charge in [-0.3, -0.25) is 38.8 Å². The van der Waals surface area contributed by atoms with E-state index >= 15 is 0 Å². The molecule has 5 N–H and O–H groups in total. The molecule has 5 aliphatic rings. The van der Waals surface area contributed by atoms with Gasteiger partial charge < -0.3 is 68.8 Å². The number of ether oxygens (including phenoxy) is 5. The summed E-state index contributed by atoms with van der Waals surface area (Å²) >= 11 is 21.9. The summed E-state index contributed by atoms with van der Waals surface area (Å²) in [7, 11) is 0. The maximum absolute atomic E-state index is 13.5. The summed E-state index contributed by atoms with van der Waals surface area (Å²) in [6.45, 7) is 16.1. The number of aliphatic hydroxyl groups excluding tert-OH is 4. The number of carbonyl (C=O) groups is 4. The number of nitriles is 4. The zero-order valence-electron chi connectivity index (χ0n) is 70.1. The predicted molar refractivity (Wildman–Crippen MR) is 466 cm³/mol. The van der Waals surface area contributed by atoms with E-state index in [4.69, 9.17) is 104 Å². The fraction of sp³-hybridized carbons (Fsp3) is 0.318. The second kappa shape index (κ2) is 38.1. The van der Waals surface area contributed by atoms with E-state index in [0.717, 1.165) is 68.1 Å². The first-order chi connectivity index (χ1) is 60.5. The van der Waals surface area contributed by atoms with Crippen LogP contribution in [0.2, 0.25) is 0 Å². The number of phenolic OH excluding ortho intramolecular Hbond substituents is 1. The first-order valence-corrected chi connectivity index (χ1v) is 40.3. The fourth-order valence-electron chi connectivity index (χ4n) is 14.0. The van der Waals surface area contributed by atoms with E-state index in [1.807, 2.05) is 13.8 Å². The van der Waals surface area contributed by atoms with Gasteiger partial charge in [0.05, 0.1) is 111 Å². The molecule has 8 aromatic rings. The molecular formula is C88H78F12N12O14S4. The van der Waals surface area contributed by atoms with Crippen LogP contribution < -0.4 is 53.4 Å². The van der Waals surface area contributed by atoms with Crippen LogP contribution in [0.4, 0.5) is 98.2 Å². The van der Waals surface area contributed by atoms with Crippen molar-refractivity contribution in [2.24, 2.45) is 0 Å². The lowest BCUT2D eigenvalue weighted by atomic mass is 10.0. The molecule has 5 fully saturated rings. The van der Waals surface area contributed by atoms with Crippen molar-refractivity contribution in [3.63, 3.8) is 0 Å². The minimum atomic E-state index is -4.78. The monoisotopic (exact) mass is 1880 g/mol. The Bertz CT molecular complexity index is 5720. The van der Waals surface area contributed by atoms with Crippen LogP contribution in [0.5, 0.6) is 23.0 Å². The van der Waals surface area contributed by atoms with Crippen molar-refractivity contribution in [3.8, 4) is 47.3 Å². The summed E-state index contributed by atoms with van der Waals surface area (Å²) in [4.78, 5) is 62.9. The Morgan fingerprint density at radius 2 is 0.608 bits per heavy atom. The second-order valence-electron chi connectivity index (χ2n) is 31.7. The van der Waals surface area contributed by atoms with Gasteiger partial charge in [0.15, 0.2) is 26.2 Å². The van der Waals surface area contributed by atoms with Gasteiger partial charge in [0.1, 0.15) is 83.3 Å². The molecule has 0 aromatic heterocycles. The van der Waals surface area contributed by atoms with E-state index in [1.54, 1.807) is 145 Å². The van der Waals surface area contributed by atoms with Crippen molar-refractivity contribution in [1.82, 2.24) is 0 Å². The molecule has 42 heteroatoms. The first-order valence-electron chi connectivity index (χ1n) is 38.6. The Morgan fingerprint density at radius 3 is 0.815 bits per heavy atom. The van der Waals surface area contributed by atoms with Crippen LogP contribution in [0.1, 0.15) is 114 Å². The molecule has 0 spiro atoms. The number of hydrogen-bond acceptors (Lipinski definition) is 22. The van der Waals surface area contributed by atoms with Gasteiger partial charge in [-0.1, -0.05) is 0 Å². The second-order valence-corrected chi connectivity index (χ2v) is 33.1. The topological polar surface area (TPSA) is 337 Å². The van der Waals surface area contributed by atoms with E-state index in [2.05, 4.69) is 0 Å². The van der Waals surface area contributed by atoms with Gasteiger partial charge in [-0.2, -0.15) is 73.7 Å². The number of thiocarbonyl (C=S) groups is 4. The Morgan fingerprint density at radius 1 is 0.385 bits per heavy atom. The summed E-state index contributed by atoms with van der Waals surface area (Å²) < 4.78 is 189. The van der Waals surface area contributed by atoms with Gasteiger partial charge in [0.25, 0.3) is 23.6 Å². The SMILES string of the molecule is CC1(C)C(=O)N(c2ccc(C#N)c(C(F)(F)F)c2)C(=S)N1c1ccc(O)cc1.CC1(C)C(=O)N(c2ccc(C#N)c(C(F)(F)F)c2)C(=S)N1c1ccc(OC[C@@H](O)CO)cc1.CC1(C)C(=O)N(c2ccc(C#N)c(C(F)(F)F)c2)C(=S)N1c1ccc(OC[C@@H](O)CO)cc1.CC1(C)OC[C@@H](COc2ccc(N3C(=S)N(c4ccc(C#N)c(C(F)(F)F)c4)C(=O)C3(C)C)cc2)O1. The van der Waals surface area contributed by atoms with Crippen molar-refractivity contribution >= 4 is 138 Å². The summed E-state index contributed by atoms with van der Waals surface area (Å²) in [5.74, 6) is -1.32. The lowest BCUT2D eigenvalue weighted by Crippen LogP contribution is -2.44. The van der Waals surface area contributed by atoms with Gasteiger partial charge >= 0.3 is 24.7 Å². The number of phenols is 1. The van der Waals surface area contributed by atoms with Crippen molar-refractivity contribution in [3.05, 3.63) is 214 Å². The Kier molecular flexibility index (Phi) is 29.2. The van der Waals surface area contributed by atoms with Gasteiger partial charge in [0, 0.05) is 22.7 Å². The number of amides is 4.